The van der Waals surface area contributed by atoms with Crippen molar-refractivity contribution < 1.29 is 14.3 Å². The number of benzene rings is 1. The maximum atomic E-state index is 11.8. The quantitative estimate of drug-likeness (QED) is 0.905. The van der Waals surface area contributed by atoms with Crippen LogP contribution in [-0.4, -0.2) is 16.7 Å². The van der Waals surface area contributed by atoms with Crippen molar-refractivity contribution in [3.05, 3.63) is 54.4 Å². The Morgan fingerprint density at radius 3 is 2.57 bits per heavy atom. The van der Waals surface area contributed by atoms with Crippen molar-refractivity contribution in [3.63, 3.8) is 0 Å². The number of ether oxygens (including phenoxy) is 2. The molecule has 1 aromatic carbocycles. The van der Waals surface area contributed by atoms with Gasteiger partial charge in [-0.2, -0.15) is 0 Å². The predicted molar refractivity (Wildman–Crippen MR) is 88.5 cm³/mol. The van der Waals surface area contributed by atoms with Crippen molar-refractivity contribution in [3.8, 4) is 11.5 Å². The number of alkyl carbamates (subject to hydrolysis) is 1. The first-order valence-corrected chi connectivity index (χ1v) is 7.51. The van der Waals surface area contributed by atoms with Crippen LogP contribution in [-0.2, 0) is 4.74 Å². The van der Waals surface area contributed by atoms with E-state index in [2.05, 4.69) is 10.3 Å². The molecule has 1 heterocycles. The van der Waals surface area contributed by atoms with Crippen LogP contribution in [0.15, 0.2) is 48.8 Å². The fourth-order valence-corrected chi connectivity index (χ4v) is 1.96. The maximum absolute atomic E-state index is 11.8. The zero-order valence-corrected chi connectivity index (χ0v) is 13.9. The maximum Gasteiger partial charge on any atom is 0.408 e. The first kappa shape index (κ1) is 16.8. The summed E-state index contributed by atoms with van der Waals surface area (Å²) in [6.45, 7) is 7.39. The highest BCUT2D eigenvalue weighted by Crippen LogP contribution is 2.24. The summed E-state index contributed by atoms with van der Waals surface area (Å²) in [5, 5.41) is 2.81. The van der Waals surface area contributed by atoms with Crippen LogP contribution in [0.5, 0.6) is 11.5 Å². The van der Waals surface area contributed by atoms with Crippen molar-refractivity contribution >= 4 is 6.09 Å². The second kappa shape index (κ2) is 7.13. The van der Waals surface area contributed by atoms with E-state index >= 15 is 0 Å². The number of amides is 1. The van der Waals surface area contributed by atoms with Gasteiger partial charge in [0.05, 0.1) is 12.2 Å². The number of hydrogen-bond acceptors (Lipinski definition) is 4. The summed E-state index contributed by atoms with van der Waals surface area (Å²) in [4.78, 5) is 15.9. The summed E-state index contributed by atoms with van der Waals surface area (Å²) < 4.78 is 11.0. The van der Waals surface area contributed by atoms with Crippen LogP contribution in [0.2, 0.25) is 0 Å². The Labute approximate surface area is 136 Å². The lowest BCUT2D eigenvalue weighted by Gasteiger charge is -2.22. The summed E-state index contributed by atoms with van der Waals surface area (Å²) >= 11 is 0. The Balaban J connectivity index is 2.02. The standard InChI is InChI=1S/C18H22N2O3/c1-13(20-17(21)23-18(2,3)4)14-7-5-8-15(11-14)22-16-9-6-10-19-12-16/h5-13H,1-4H3,(H,20,21). The average molecular weight is 314 g/mol. The van der Waals surface area contributed by atoms with E-state index in [1.807, 2.05) is 64.1 Å². The topological polar surface area (TPSA) is 60.5 Å². The minimum atomic E-state index is -0.519. The summed E-state index contributed by atoms with van der Waals surface area (Å²) in [7, 11) is 0. The Bertz CT molecular complexity index is 651. The lowest BCUT2D eigenvalue weighted by Crippen LogP contribution is -2.34. The van der Waals surface area contributed by atoms with Gasteiger partial charge in [0.1, 0.15) is 17.1 Å². The Morgan fingerprint density at radius 2 is 1.91 bits per heavy atom. The number of nitrogens with one attached hydrogen (secondary N) is 1. The molecule has 0 bridgehead atoms. The van der Waals surface area contributed by atoms with Crippen molar-refractivity contribution in [1.29, 1.82) is 0 Å². The van der Waals surface area contributed by atoms with Gasteiger partial charge >= 0.3 is 6.09 Å². The molecule has 1 atom stereocenters. The minimum Gasteiger partial charge on any atom is -0.456 e. The van der Waals surface area contributed by atoms with E-state index in [1.165, 1.54) is 0 Å². The van der Waals surface area contributed by atoms with Crippen molar-refractivity contribution in [2.75, 3.05) is 0 Å². The smallest absolute Gasteiger partial charge is 0.408 e. The molecular formula is C18H22N2O3. The highest BCUT2D eigenvalue weighted by atomic mass is 16.6. The number of carbonyl (C=O) groups excluding carboxylic acids is 1. The van der Waals surface area contributed by atoms with Crippen molar-refractivity contribution in [2.45, 2.75) is 39.3 Å². The van der Waals surface area contributed by atoms with E-state index < -0.39 is 11.7 Å². The fourth-order valence-electron chi connectivity index (χ4n) is 1.96. The van der Waals surface area contributed by atoms with Crippen molar-refractivity contribution in [1.82, 2.24) is 10.3 Å². The summed E-state index contributed by atoms with van der Waals surface area (Å²) in [5.74, 6) is 1.35. The predicted octanol–water partition coefficient (Wildman–Crippen LogP) is 4.46. The Hall–Kier alpha value is -2.56. The minimum absolute atomic E-state index is 0.192. The van der Waals surface area contributed by atoms with Crippen LogP contribution in [0.3, 0.4) is 0 Å². The monoisotopic (exact) mass is 314 g/mol. The highest BCUT2D eigenvalue weighted by molar-refractivity contribution is 5.68. The van der Waals surface area contributed by atoms with Gasteiger partial charge in [0, 0.05) is 6.20 Å². The molecule has 2 aromatic rings. The van der Waals surface area contributed by atoms with Crippen LogP contribution < -0.4 is 10.1 Å². The van der Waals surface area contributed by atoms with Gasteiger partial charge < -0.3 is 14.8 Å². The normalized spacial score (nSPS) is 12.3. The van der Waals surface area contributed by atoms with Gasteiger partial charge in [0.2, 0.25) is 0 Å². The van der Waals surface area contributed by atoms with E-state index in [0.29, 0.717) is 11.5 Å². The average Bonchev–Trinajstić information content (AvgIpc) is 2.46. The van der Waals surface area contributed by atoms with Gasteiger partial charge in [0.25, 0.3) is 0 Å². The third kappa shape index (κ3) is 5.62. The Morgan fingerprint density at radius 1 is 1.17 bits per heavy atom. The van der Waals surface area contributed by atoms with Crippen LogP contribution in [0, 0.1) is 0 Å². The largest absolute Gasteiger partial charge is 0.456 e. The molecule has 0 aliphatic heterocycles. The molecule has 1 amide bonds. The van der Waals surface area contributed by atoms with E-state index in [-0.39, 0.29) is 6.04 Å². The van der Waals surface area contributed by atoms with Crippen LogP contribution in [0.4, 0.5) is 4.79 Å². The number of rotatable bonds is 4. The molecule has 0 aliphatic rings. The van der Waals surface area contributed by atoms with Crippen LogP contribution in [0.25, 0.3) is 0 Å². The molecule has 0 aliphatic carbocycles. The molecule has 1 unspecified atom stereocenters. The number of hydrogen-bond donors (Lipinski definition) is 1. The number of carbonyl (C=O) groups is 1. The molecule has 1 N–H and O–H groups in total. The molecule has 0 fully saturated rings. The molecule has 1 aromatic heterocycles. The van der Waals surface area contributed by atoms with E-state index in [0.717, 1.165) is 5.56 Å². The van der Waals surface area contributed by atoms with Crippen LogP contribution >= 0.6 is 0 Å². The number of aromatic nitrogens is 1. The molecular weight excluding hydrogens is 292 g/mol. The fraction of sp³-hybridized carbons (Fsp3) is 0.333. The molecule has 0 spiro atoms. The highest BCUT2D eigenvalue weighted by Gasteiger charge is 2.18. The molecule has 2 rings (SSSR count). The van der Waals surface area contributed by atoms with Crippen LogP contribution in [0.1, 0.15) is 39.3 Å². The zero-order chi connectivity index (χ0) is 16.9. The van der Waals surface area contributed by atoms with Gasteiger partial charge in [-0.1, -0.05) is 12.1 Å². The first-order valence-electron chi connectivity index (χ1n) is 7.51. The second-order valence-corrected chi connectivity index (χ2v) is 6.23. The molecule has 0 saturated carbocycles. The molecule has 122 valence electrons. The number of pyridine rings is 1. The SMILES string of the molecule is CC(NC(=O)OC(C)(C)C)c1cccc(Oc2cccnc2)c1. The van der Waals surface area contributed by atoms with E-state index in [9.17, 15) is 4.79 Å². The van der Waals surface area contributed by atoms with Crippen molar-refractivity contribution in [2.24, 2.45) is 0 Å². The van der Waals surface area contributed by atoms with Gasteiger partial charge in [-0.15, -0.1) is 0 Å². The lowest BCUT2D eigenvalue weighted by molar-refractivity contribution is 0.0508. The van der Waals surface area contributed by atoms with E-state index in [4.69, 9.17) is 9.47 Å². The second-order valence-electron chi connectivity index (χ2n) is 6.23. The van der Waals surface area contributed by atoms with Gasteiger partial charge in [-0.25, -0.2) is 4.79 Å². The summed E-state index contributed by atoms with van der Waals surface area (Å²) in [6, 6.07) is 11.0. The number of nitrogens with zero attached hydrogens (tertiary/aromatic N) is 1. The molecule has 5 heteroatoms. The molecule has 23 heavy (non-hydrogen) atoms. The van der Waals surface area contributed by atoms with Gasteiger partial charge in [-0.3, -0.25) is 4.98 Å². The molecule has 5 nitrogen and oxygen atoms in total. The first-order chi connectivity index (χ1) is 10.8. The lowest BCUT2D eigenvalue weighted by atomic mass is 10.1. The molecule has 0 saturated heterocycles. The summed E-state index contributed by atoms with van der Waals surface area (Å²) in [6.07, 6.45) is 2.90. The third-order valence-corrected chi connectivity index (χ3v) is 2.96. The van der Waals surface area contributed by atoms with E-state index in [1.54, 1.807) is 12.4 Å². The zero-order valence-electron chi connectivity index (χ0n) is 13.9. The Kier molecular flexibility index (Phi) is 5.21. The van der Waals surface area contributed by atoms with Gasteiger partial charge in [-0.05, 0) is 57.5 Å². The van der Waals surface area contributed by atoms with Gasteiger partial charge in [0.15, 0.2) is 0 Å². The molecule has 0 radical (unpaired) electrons. The third-order valence-electron chi connectivity index (χ3n) is 2.96. The summed E-state index contributed by atoms with van der Waals surface area (Å²) in [5.41, 5.74) is 0.409.